The van der Waals surface area contributed by atoms with Gasteiger partial charge in [0.1, 0.15) is 0 Å². The number of aromatic nitrogens is 2. The van der Waals surface area contributed by atoms with Gasteiger partial charge in [0, 0.05) is 13.6 Å². The molecule has 19 heavy (non-hydrogen) atoms. The summed E-state index contributed by atoms with van der Waals surface area (Å²) < 4.78 is 3.04. The Morgan fingerprint density at radius 3 is 2.89 bits per heavy atom. The first-order valence-corrected chi connectivity index (χ1v) is 7.17. The van der Waals surface area contributed by atoms with E-state index in [1.165, 1.54) is 16.9 Å². The second kappa shape index (κ2) is 4.56. The van der Waals surface area contributed by atoms with Crippen LogP contribution in [-0.4, -0.2) is 16.3 Å². The number of benzene rings is 1. The molecule has 2 heterocycles. The standard InChI is InChI=1S/C14H17BrN4/c1-9-13(15)12(18(2)17-9)8-19-7-6-10-4-3-5-11(16)14(10)19/h3-5H,6-8,16H2,1-2H3. The first-order chi connectivity index (χ1) is 9.08. The molecular weight excluding hydrogens is 304 g/mol. The lowest BCUT2D eigenvalue weighted by atomic mass is 10.1. The van der Waals surface area contributed by atoms with Gasteiger partial charge < -0.3 is 10.6 Å². The highest BCUT2D eigenvalue weighted by Crippen LogP contribution is 2.35. The molecule has 1 aliphatic heterocycles. The van der Waals surface area contributed by atoms with E-state index in [1.54, 1.807) is 0 Å². The summed E-state index contributed by atoms with van der Waals surface area (Å²) in [5, 5.41) is 4.44. The van der Waals surface area contributed by atoms with Gasteiger partial charge in [-0.1, -0.05) is 12.1 Å². The smallest absolute Gasteiger partial charge is 0.0739 e. The first-order valence-electron chi connectivity index (χ1n) is 6.38. The summed E-state index contributed by atoms with van der Waals surface area (Å²) in [7, 11) is 1.98. The Morgan fingerprint density at radius 1 is 1.42 bits per heavy atom. The van der Waals surface area contributed by atoms with Crippen molar-refractivity contribution >= 4 is 27.3 Å². The molecule has 100 valence electrons. The number of hydrogen-bond donors (Lipinski definition) is 1. The molecule has 0 fully saturated rings. The zero-order chi connectivity index (χ0) is 13.6. The van der Waals surface area contributed by atoms with Gasteiger partial charge in [-0.05, 0) is 40.9 Å². The fraction of sp³-hybridized carbons (Fsp3) is 0.357. The van der Waals surface area contributed by atoms with Crippen LogP contribution in [0.15, 0.2) is 22.7 Å². The molecule has 0 saturated carbocycles. The third kappa shape index (κ3) is 2.02. The lowest BCUT2D eigenvalue weighted by Crippen LogP contribution is -2.22. The molecule has 0 atom stereocenters. The fourth-order valence-electron chi connectivity index (χ4n) is 2.76. The lowest BCUT2D eigenvalue weighted by Gasteiger charge is -2.21. The molecular formula is C14H17BrN4. The minimum absolute atomic E-state index is 0.832. The molecule has 1 aromatic heterocycles. The van der Waals surface area contributed by atoms with E-state index >= 15 is 0 Å². The predicted octanol–water partition coefficient (Wildman–Crippen LogP) is 2.64. The Morgan fingerprint density at radius 2 is 2.21 bits per heavy atom. The molecule has 0 radical (unpaired) electrons. The normalized spacial score (nSPS) is 13.9. The lowest BCUT2D eigenvalue weighted by molar-refractivity contribution is 0.683. The average molecular weight is 321 g/mol. The van der Waals surface area contributed by atoms with E-state index < -0.39 is 0 Å². The van der Waals surface area contributed by atoms with Crippen molar-refractivity contribution in [2.24, 2.45) is 7.05 Å². The Labute approximate surface area is 121 Å². The van der Waals surface area contributed by atoms with Crippen LogP contribution in [0.5, 0.6) is 0 Å². The molecule has 4 nitrogen and oxygen atoms in total. The summed E-state index contributed by atoms with van der Waals surface area (Å²) in [6, 6.07) is 6.16. The van der Waals surface area contributed by atoms with Crippen LogP contribution in [0.2, 0.25) is 0 Å². The maximum absolute atomic E-state index is 6.12. The molecule has 2 N–H and O–H groups in total. The van der Waals surface area contributed by atoms with Crippen LogP contribution in [0.3, 0.4) is 0 Å². The van der Waals surface area contributed by atoms with E-state index in [4.69, 9.17) is 5.73 Å². The molecule has 1 aromatic carbocycles. The highest BCUT2D eigenvalue weighted by molar-refractivity contribution is 9.10. The number of nitrogens with zero attached hydrogens (tertiary/aromatic N) is 3. The van der Waals surface area contributed by atoms with Crippen molar-refractivity contribution in [3.63, 3.8) is 0 Å². The van der Waals surface area contributed by atoms with Crippen molar-refractivity contribution in [1.82, 2.24) is 9.78 Å². The van der Waals surface area contributed by atoms with Gasteiger partial charge in [-0.15, -0.1) is 0 Å². The van der Waals surface area contributed by atoms with Crippen molar-refractivity contribution < 1.29 is 0 Å². The second-order valence-electron chi connectivity index (χ2n) is 5.00. The number of hydrogen-bond acceptors (Lipinski definition) is 3. The number of para-hydroxylation sites is 1. The Balaban J connectivity index is 1.95. The SMILES string of the molecule is Cc1nn(C)c(CN2CCc3cccc(N)c32)c1Br. The van der Waals surface area contributed by atoms with Crippen LogP contribution in [0, 0.1) is 6.92 Å². The minimum Gasteiger partial charge on any atom is -0.397 e. The van der Waals surface area contributed by atoms with E-state index in [0.717, 1.165) is 35.4 Å². The third-order valence-electron chi connectivity index (χ3n) is 3.72. The Hall–Kier alpha value is -1.49. The number of halogens is 1. The summed E-state index contributed by atoms with van der Waals surface area (Å²) in [6.45, 7) is 3.86. The van der Waals surface area contributed by atoms with E-state index in [1.807, 2.05) is 30.8 Å². The molecule has 1 aliphatic rings. The number of anilines is 2. The quantitative estimate of drug-likeness (QED) is 0.865. The zero-order valence-electron chi connectivity index (χ0n) is 11.2. The Bertz CT molecular complexity index is 633. The second-order valence-corrected chi connectivity index (χ2v) is 5.79. The third-order valence-corrected chi connectivity index (χ3v) is 4.75. The highest BCUT2D eigenvalue weighted by atomic mass is 79.9. The molecule has 5 heteroatoms. The van der Waals surface area contributed by atoms with Gasteiger partial charge in [0.25, 0.3) is 0 Å². The number of nitrogens with two attached hydrogens (primary N) is 1. The van der Waals surface area contributed by atoms with Crippen LogP contribution in [0.1, 0.15) is 17.0 Å². The van der Waals surface area contributed by atoms with Crippen molar-refractivity contribution in [2.75, 3.05) is 17.2 Å². The molecule has 0 amide bonds. The monoisotopic (exact) mass is 320 g/mol. The molecule has 0 saturated heterocycles. The van der Waals surface area contributed by atoms with Gasteiger partial charge in [-0.3, -0.25) is 4.68 Å². The molecule has 2 aromatic rings. The number of fused-ring (bicyclic) bond motifs is 1. The average Bonchev–Trinajstić information content (AvgIpc) is 2.88. The first kappa shape index (κ1) is 12.5. The minimum atomic E-state index is 0.832. The van der Waals surface area contributed by atoms with Crippen LogP contribution in [-0.2, 0) is 20.0 Å². The topological polar surface area (TPSA) is 47.1 Å². The molecule has 0 aliphatic carbocycles. The molecule has 0 spiro atoms. The summed E-state index contributed by atoms with van der Waals surface area (Å²) in [4.78, 5) is 2.34. The maximum atomic E-state index is 6.12. The van der Waals surface area contributed by atoms with E-state index in [2.05, 4.69) is 32.0 Å². The van der Waals surface area contributed by atoms with Gasteiger partial charge in [0.05, 0.1) is 33.8 Å². The van der Waals surface area contributed by atoms with Crippen molar-refractivity contribution in [3.8, 4) is 0 Å². The number of aryl methyl sites for hydroxylation is 2. The van der Waals surface area contributed by atoms with Crippen molar-refractivity contribution in [2.45, 2.75) is 19.9 Å². The van der Waals surface area contributed by atoms with Crippen LogP contribution in [0.25, 0.3) is 0 Å². The van der Waals surface area contributed by atoms with Gasteiger partial charge in [-0.25, -0.2) is 0 Å². The summed E-state index contributed by atoms with van der Waals surface area (Å²) in [5.41, 5.74) is 11.7. The van der Waals surface area contributed by atoms with Crippen LogP contribution < -0.4 is 10.6 Å². The van der Waals surface area contributed by atoms with Gasteiger partial charge in [0.15, 0.2) is 0 Å². The van der Waals surface area contributed by atoms with Gasteiger partial charge >= 0.3 is 0 Å². The van der Waals surface area contributed by atoms with Gasteiger partial charge in [-0.2, -0.15) is 5.10 Å². The van der Waals surface area contributed by atoms with Crippen molar-refractivity contribution in [3.05, 3.63) is 39.6 Å². The van der Waals surface area contributed by atoms with Crippen LogP contribution >= 0.6 is 15.9 Å². The fourth-order valence-corrected chi connectivity index (χ4v) is 3.22. The summed E-state index contributed by atoms with van der Waals surface area (Å²) >= 11 is 3.63. The van der Waals surface area contributed by atoms with E-state index in [9.17, 15) is 0 Å². The van der Waals surface area contributed by atoms with E-state index in [-0.39, 0.29) is 0 Å². The zero-order valence-corrected chi connectivity index (χ0v) is 12.7. The predicted molar refractivity (Wildman–Crippen MR) is 81.3 cm³/mol. The largest absolute Gasteiger partial charge is 0.397 e. The van der Waals surface area contributed by atoms with Crippen molar-refractivity contribution in [1.29, 1.82) is 0 Å². The highest BCUT2D eigenvalue weighted by Gasteiger charge is 2.23. The van der Waals surface area contributed by atoms with E-state index in [0.29, 0.717) is 0 Å². The Kier molecular flexibility index (Phi) is 3.01. The summed E-state index contributed by atoms with van der Waals surface area (Å²) in [6.07, 6.45) is 1.06. The van der Waals surface area contributed by atoms with Crippen LogP contribution in [0.4, 0.5) is 11.4 Å². The van der Waals surface area contributed by atoms with Gasteiger partial charge in [0.2, 0.25) is 0 Å². The molecule has 3 rings (SSSR count). The maximum Gasteiger partial charge on any atom is 0.0739 e. The number of rotatable bonds is 2. The molecule has 0 bridgehead atoms. The summed E-state index contributed by atoms with van der Waals surface area (Å²) in [5.74, 6) is 0. The number of nitrogen functional groups attached to an aromatic ring is 1. The molecule has 0 unspecified atom stereocenters.